The van der Waals surface area contributed by atoms with Gasteiger partial charge in [0.15, 0.2) is 0 Å². The normalized spacial score (nSPS) is 23.4. The van der Waals surface area contributed by atoms with Crippen LogP contribution in [-0.2, 0) is 0 Å². The van der Waals surface area contributed by atoms with Crippen LogP contribution in [0.25, 0.3) is 10.8 Å². The lowest BCUT2D eigenvalue weighted by Gasteiger charge is -2.25. The summed E-state index contributed by atoms with van der Waals surface area (Å²) in [6.07, 6.45) is 6.27. The van der Waals surface area contributed by atoms with Crippen molar-refractivity contribution >= 4 is 17.0 Å². The maximum Gasteiger partial charge on any atom is 0.132 e. The molecular weight excluding hydrogens is 248 g/mol. The summed E-state index contributed by atoms with van der Waals surface area (Å²) in [5, 5.41) is 12.2. The van der Waals surface area contributed by atoms with Gasteiger partial charge in [-0.1, -0.05) is 43.2 Å². The number of nitrogens with two attached hydrogens (primary N) is 1. The zero-order chi connectivity index (χ0) is 13.9. The van der Waals surface area contributed by atoms with E-state index in [1.54, 1.807) is 6.21 Å². The summed E-state index contributed by atoms with van der Waals surface area (Å²) < 4.78 is 0. The lowest BCUT2D eigenvalue weighted by atomic mass is 9.91. The molecule has 2 aromatic carbocycles. The zero-order valence-electron chi connectivity index (χ0n) is 11.5. The van der Waals surface area contributed by atoms with E-state index >= 15 is 0 Å². The fourth-order valence-electron chi connectivity index (χ4n) is 2.88. The van der Waals surface area contributed by atoms with Gasteiger partial charge in [-0.2, -0.15) is 0 Å². The summed E-state index contributed by atoms with van der Waals surface area (Å²) in [7, 11) is 0. The molecular formula is C17H20N2O. The highest BCUT2D eigenvalue weighted by Crippen LogP contribution is 2.28. The Kier molecular flexibility index (Phi) is 3.70. The number of aromatic hydroxyl groups is 1. The van der Waals surface area contributed by atoms with Crippen molar-refractivity contribution in [1.82, 2.24) is 0 Å². The van der Waals surface area contributed by atoms with E-state index in [2.05, 4.69) is 4.99 Å². The molecule has 20 heavy (non-hydrogen) atoms. The van der Waals surface area contributed by atoms with Crippen LogP contribution in [0.2, 0.25) is 0 Å². The molecule has 1 aliphatic rings. The van der Waals surface area contributed by atoms with E-state index in [9.17, 15) is 5.11 Å². The van der Waals surface area contributed by atoms with Crippen molar-refractivity contribution in [3.8, 4) is 5.75 Å². The summed E-state index contributed by atoms with van der Waals surface area (Å²) in [5.74, 6) is 0.302. The first-order valence-electron chi connectivity index (χ1n) is 7.25. The van der Waals surface area contributed by atoms with Gasteiger partial charge in [0, 0.05) is 23.2 Å². The van der Waals surface area contributed by atoms with Crippen LogP contribution in [0.5, 0.6) is 5.75 Å². The fourth-order valence-corrected chi connectivity index (χ4v) is 2.88. The van der Waals surface area contributed by atoms with Crippen molar-refractivity contribution in [1.29, 1.82) is 0 Å². The number of hydrogen-bond donors (Lipinski definition) is 2. The number of nitrogens with zero attached hydrogens (tertiary/aromatic N) is 1. The Labute approximate surface area is 119 Å². The molecule has 0 bridgehead atoms. The third kappa shape index (κ3) is 2.54. The van der Waals surface area contributed by atoms with Crippen LogP contribution in [0.4, 0.5) is 0 Å². The van der Waals surface area contributed by atoms with Gasteiger partial charge < -0.3 is 10.8 Å². The number of benzene rings is 2. The summed E-state index contributed by atoms with van der Waals surface area (Å²) in [4.78, 5) is 4.59. The number of phenolic OH excluding ortho intramolecular Hbond substituents is 1. The van der Waals surface area contributed by atoms with Crippen LogP contribution < -0.4 is 5.73 Å². The number of aliphatic imine (C=N–C) groups is 1. The standard InChI is InChI=1S/C17H20N2O/c18-15-7-3-4-8-16(15)19-11-13-10-9-12-5-1-2-6-14(12)17(13)20/h1-2,5-6,9-11,15-16,20H,3-4,7-8,18H2/t15-,16-/m1/s1. The molecule has 0 amide bonds. The molecule has 0 heterocycles. The Bertz CT molecular complexity index is 636. The third-order valence-electron chi connectivity index (χ3n) is 4.12. The lowest BCUT2D eigenvalue weighted by molar-refractivity contribution is 0.387. The van der Waals surface area contributed by atoms with Crippen molar-refractivity contribution in [3.05, 3.63) is 42.0 Å². The van der Waals surface area contributed by atoms with Gasteiger partial charge in [0.2, 0.25) is 0 Å². The minimum atomic E-state index is 0.155. The summed E-state index contributed by atoms with van der Waals surface area (Å²) >= 11 is 0. The first-order valence-corrected chi connectivity index (χ1v) is 7.25. The van der Waals surface area contributed by atoms with E-state index in [4.69, 9.17) is 5.73 Å². The highest BCUT2D eigenvalue weighted by atomic mass is 16.3. The highest BCUT2D eigenvalue weighted by Gasteiger charge is 2.20. The Morgan fingerprint density at radius 2 is 1.90 bits per heavy atom. The van der Waals surface area contributed by atoms with Crippen LogP contribution in [0.3, 0.4) is 0 Å². The first kappa shape index (κ1) is 13.1. The predicted molar refractivity (Wildman–Crippen MR) is 83.4 cm³/mol. The smallest absolute Gasteiger partial charge is 0.132 e. The average molecular weight is 268 g/mol. The number of hydrogen-bond acceptors (Lipinski definition) is 3. The highest BCUT2D eigenvalue weighted by molar-refractivity contribution is 5.97. The van der Waals surface area contributed by atoms with Crippen molar-refractivity contribution in [2.75, 3.05) is 0 Å². The molecule has 104 valence electrons. The topological polar surface area (TPSA) is 58.6 Å². The van der Waals surface area contributed by atoms with Gasteiger partial charge >= 0.3 is 0 Å². The van der Waals surface area contributed by atoms with Gasteiger partial charge in [-0.05, 0) is 24.3 Å². The van der Waals surface area contributed by atoms with Crippen molar-refractivity contribution in [2.45, 2.75) is 37.8 Å². The molecule has 3 nitrogen and oxygen atoms in total. The van der Waals surface area contributed by atoms with E-state index < -0.39 is 0 Å². The molecule has 3 rings (SSSR count). The molecule has 2 aromatic rings. The van der Waals surface area contributed by atoms with Crippen LogP contribution >= 0.6 is 0 Å². The number of phenols is 1. The molecule has 0 unspecified atom stereocenters. The quantitative estimate of drug-likeness (QED) is 0.821. The maximum atomic E-state index is 10.3. The van der Waals surface area contributed by atoms with E-state index in [0.29, 0.717) is 5.75 Å². The third-order valence-corrected chi connectivity index (χ3v) is 4.12. The second-order valence-corrected chi connectivity index (χ2v) is 5.52. The SMILES string of the molecule is N[C@@H]1CCCC[C@H]1N=Cc1ccc2ccccc2c1O. The first-order chi connectivity index (χ1) is 9.75. The molecule has 3 N–H and O–H groups in total. The van der Waals surface area contributed by atoms with Crippen LogP contribution in [0, 0.1) is 0 Å². The molecule has 0 spiro atoms. The van der Waals surface area contributed by atoms with Gasteiger partial charge in [0.25, 0.3) is 0 Å². The largest absolute Gasteiger partial charge is 0.507 e. The minimum absolute atomic E-state index is 0.155. The van der Waals surface area contributed by atoms with Crippen LogP contribution in [0.15, 0.2) is 41.4 Å². The lowest BCUT2D eigenvalue weighted by Crippen LogP contribution is -2.36. The molecule has 0 radical (unpaired) electrons. The van der Waals surface area contributed by atoms with Crippen LogP contribution in [0.1, 0.15) is 31.2 Å². The number of rotatable bonds is 2. The molecule has 3 heteroatoms. The molecule has 1 aliphatic carbocycles. The molecule has 0 aliphatic heterocycles. The Balaban J connectivity index is 1.88. The van der Waals surface area contributed by atoms with Crippen LogP contribution in [-0.4, -0.2) is 23.4 Å². The molecule has 1 fully saturated rings. The Morgan fingerprint density at radius 3 is 2.75 bits per heavy atom. The summed E-state index contributed by atoms with van der Waals surface area (Å²) in [5.41, 5.74) is 6.86. The Morgan fingerprint density at radius 1 is 1.10 bits per heavy atom. The van der Waals surface area contributed by atoms with Gasteiger partial charge in [0.1, 0.15) is 5.75 Å². The minimum Gasteiger partial charge on any atom is -0.507 e. The second kappa shape index (κ2) is 5.63. The monoisotopic (exact) mass is 268 g/mol. The van der Waals surface area contributed by atoms with Crippen molar-refractivity contribution in [2.24, 2.45) is 10.7 Å². The summed E-state index contributed by atoms with van der Waals surface area (Å²) in [6, 6.07) is 12.1. The van der Waals surface area contributed by atoms with E-state index in [0.717, 1.165) is 29.2 Å². The molecule has 0 saturated heterocycles. The number of fused-ring (bicyclic) bond motifs is 1. The van der Waals surface area contributed by atoms with Gasteiger partial charge in [-0.15, -0.1) is 0 Å². The Hall–Kier alpha value is -1.87. The molecule has 0 aromatic heterocycles. The van der Waals surface area contributed by atoms with Gasteiger partial charge in [-0.3, -0.25) is 4.99 Å². The molecule has 2 atom stereocenters. The van der Waals surface area contributed by atoms with E-state index in [-0.39, 0.29) is 12.1 Å². The fraction of sp³-hybridized carbons (Fsp3) is 0.353. The second-order valence-electron chi connectivity index (χ2n) is 5.52. The van der Waals surface area contributed by atoms with E-state index in [1.165, 1.54) is 12.8 Å². The van der Waals surface area contributed by atoms with Crippen molar-refractivity contribution in [3.63, 3.8) is 0 Å². The van der Waals surface area contributed by atoms with Gasteiger partial charge in [0.05, 0.1) is 6.04 Å². The zero-order valence-corrected chi connectivity index (χ0v) is 11.5. The predicted octanol–water partition coefficient (Wildman–Crippen LogP) is 3.23. The van der Waals surface area contributed by atoms with Gasteiger partial charge in [-0.25, -0.2) is 0 Å². The van der Waals surface area contributed by atoms with Crippen molar-refractivity contribution < 1.29 is 5.11 Å². The summed E-state index contributed by atoms with van der Waals surface area (Å²) in [6.45, 7) is 0. The van der Waals surface area contributed by atoms with E-state index in [1.807, 2.05) is 36.4 Å². The average Bonchev–Trinajstić information content (AvgIpc) is 2.48. The molecule has 1 saturated carbocycles. The maximum absolute atomic E-state index is 10.3.